The highest BCUT2D eigenvalue weighted by atomic mass is 32.3. The quantitative estimate of drug-likeness (QED) is 0.662. The molecule has 2 N–H and O–H groups in total. The van der Waals surface area contributed by atoms with Gasteiger partial charge in [-0.05, 0) is 17.7 Å². The lowest BCUT2D eigenvalue weighted by molar-refractivity contribution is 0.0695. The van der Waals surface area contributed by atoms with Crippen LogP contribution in [0.1, 0.15) is 15.9 Å². The van der Waals surface area contributed by atoms with Crippen molar-refractivity contribution in [2.45, 2.75) is 0 Å². The highest BCUT2D eigenvalue weighted by molar-refractivity contribution is 7.81. The van der Waals surface area contributed by atoms with Crippen molar-refractivity contribution in [1.29, 1.82) is 0 Å². The van der Waals surface area contributed by atoms with Crippen molar-refractivity contribution >= 4 is 16.4 Å². The zero-order chi connectivity index (χ0) is 16.3. The molecule has 0 bridgehead atoms. The molecule has 0 aromatic heterocycles. The van der Waals surface area contributed by atoms with E-state index in [1.807, 2.05) is 0 Å². The molecule has 0 unspecified atom stereocenters. The maximum Gasteiger partial charge on any atom is 0.446 e. The fourth-order valence-electron chi connectivity index (χ4n) is 1.95. The topological polar surface area (TPSA) is 101 Å². The molecule has 0 amide bonds. The minimum absolute atomic E-state index is 0.0978. The van der Waals surface area contributed by atoms with Gasteiger partial charge in [-0.3, -0.25) is 4.55 Å². The van der Waals surface area contributed by atoms with Crippen molar-refractivity contribution in [2.75, 3.05) is 0 Å². The molecule has 0 aliphatic carbocycles. The zero-order valence-corrected chi connectivity index (χ0v) is 11.9. The third-order valence-corrected chi connectivity index (χ3v) is 3.17. The van der Waals surface area contributed by atoms with Crippen LogP contribution in [0.5, 0.6) is 5.75 Å². The first-order chi connectivity index (χ1) is 10.3. The Morgan fingerprint density at radius 2 is 1.77 bits per heavy atom. The number of carboxylic acids is 1. The van der Waals surface area contributed by atoms with E-state index in [1.54, 1.807) is 30.3 Å². The van der Waals surface area contributed by atoms with Gasteiger partial charge in [0.2, 0.25) is 0 Å². The smallest absolute Gasteiger partial charge is 0.446 e. The average Bonchev–Trinajstić information content (AvgIpc) is 2.45. The summed E-state index contributed by atoms with van der Waals surface area (Å²) in [5.41, 5.74) is 0.350. The van der Waals surface area contributed by atoms with Gasteiger partial charge < -0.3 is 9.29 Å². The fraction of sp³-hybridized carbons (Fsp3) is 0. The molecule has 2 aromatic carbocycles. The number of carbonyl (C=O) groups is 1. The third kappa shape index (κ3) is 3.25. The fourth-order valence-corrected chi connectivity index (χ4v) is 2.34. The molecule has 0 spiro atoms. The summed E-state index contributed by atoms with van der Waals surface area (Å²) in [4.78, 5) is 11.3. The average molecular weight is 318 g/mol. The van der Waals surface area contributed by atoms with E-state index in [0.717, 1.165) is 6.07 Å². The molecule has 0 saturated carbocycles. The normalized spacial score (nSPS) is 10.7. The summed E-state index contributed by atoms with van der Waals surface area (Å²) in [6.07, 6.45) is 5.38. The summed E-state index contributed by atoms with van der Waals surface area (Å²) in [6.45, 7) is 0. The molecule has 2 aromatic rings. The second-order valence-electron chi connectivity index (χ2n) is 4.19. The van der Waals surface area contributed by atoms with E-state index in [4.69, 9.17) is 11.0 Å². The van der Waals surface area contributed by atoms with Crippen molar-refractivity contribution in [3.63, 3.8) is 0 Å². The maximum atomic E-state index is 11.3. The highest BCUT2D eigenvalue weighted by Gasteiger charge is 2.23. The zero-order valence-electron chi connectivity index (χ0n) is 11.1. The van der Waals surface area contributed by atoms with Gasteiger partial charge >= 0.3 is 16.4 Å². The Bertz CT molecular complexity index is 863. The number of aromatic carboxylic acids is 1. The lowest BCUT2D eigenvalue weighted by Gasteiger charge is -2.14. The van der Waals surface area contributed by atoms with E-state index in [0.29, 0.717) is 5.56 Å². The Morgan fingerprint density at radius 1 is 1.14 bits per heavy atom. The number of hydrogen-bond donors (Lipinski definition) is 2. The molecule has 0 aliphatic heterocycles. The predicted molar refractivity (Wildman–Crippen MR) is 78.9 cm³/mol. The lowest BCUT2D eigenvalue weighted by Crippen LogP contribution is -2.12. The van der Waals surface area contributed by atoms with E-state index in [9.17, 15) is 18.3 Å². The predicted octanol–water partition coefficient (Wildman–Crippen LogP) is 2.21. The van der Waals surface area contributed by atoms with Gasteiger partial charge in [-0.15, -0.1) is 6.42 Å². The Balaban J connectivity index is 2.86. The van der Waals surface area contributed by atoms with E-state index >= 15 is 0 Å². The van der Waals surface area contributed by atoms with Crippen LogP contribution in [0.2, 0.25) is 0 Å². The first-order valence-corrected chi connectivity index (χ1v) is 7.29. The van der Waals surface area contributed by atoms with Crippen LogP contribution in [-0.2, 0) is 10.4 Å². The summed E-state index contributed by atoms with van der Waals surface area (Å²) in [5, 5.41) is 9.19. The first kappa shape index (κ1) is 15.6. The summed E-state index contributed by atoms with van der Waals surface area (Å²) < 4.78 is 35.5. The molecule has 0 atom stereocenters. The molecule has 112 valence electrons. The molecule has 0 radical (unpaired) electrons. The third-order valence-electron chi connectivity index (χ3n) is 2.79. The number of benzene rings is 2. The largest absolute Gasteiger partial charge is 0.478 e. The van der Waals surface area contributed by atoms with Gasteiger partial charge in [0.05, 0.1) is 0 Å². The van der Waals surface area contributed by atoms with Crippen LogP contribution in [0.15, 0.2) is 42.5 Å². The van der Waals surface area contributed by atoms with Crippen molar-refractivity contribution in [3.05, 3.63) is 53.6 Å². The first-order valence-electron chi connectivity index (χ1n) is 5.92. The summed E-state index contributed by atoms with van der Waals surface area (Å²) >= 11 is 0. The van der Waals surface area contributed by atoms with E-state index in [1.165, 1.54) is 6.07 Å². The standard InChI is InChI=1S/C15H10O6S/c1-2-10-8-9-12(15(16)17)14(21-22(18,19)20)13(10)11-6-4-3-5-7-11/h1,3-9H,(H,16,17)(H,18,19,20). The van der Waals surface area contributed by atoms with Crippen LogP contribution in [0, 0.1) is 12.3 Å². The monoisotopic (exact) mass is 318 g/mol. The number of hydrogen-bond acceptors (Lipinski definition) is 4. The van der Waals surface area contributed by atoms with Crippen LogP contribution in [0.4, 0.5) is 0 Å². The minimum atomic E-state index is -4.92. The van der Waals surface area contributed by atoms with Gasteiger partial charge in [0.15, 0.2) is 5.75 Å². The number of carboxylic acid groups (broad SMARTS) is 1. The molecular formula is C15H10O6S. The molecule has 0 fully saturated rings. The summed E-state index contributed by atoms with van der Waals surface area (Å²) in [6, 6.07) is 10.8. The number of terminal acetylenes is 1. The number of rotatable bonds is 4. The molecule has 0 saturated heterocycles. The van der Waals surface area contributed by atoms with Crippen LogP contribution in [-0.4, -0.2) is 24.0 Å². The van der Waals surface area contributed by atoms with Crippen LogP contribution < -0.4 is 4.18 Å². The van der Waals surface area contributed by atoms with E-state index in [2.05, 4.69) is 10.1 Å². The van der Waals surface area contributed by atoms with Crippen molar-refractivity contribution in [2.24, 2.45) is 0 Å². The second kappa shape index (κ2) is 5.89. The van der Waals surface area contributed by atoms with Gasteiger partial charge in [0.1, 0.15) is 5.56 Å². The van der Waals surface area contributed by atoms with Crippen molar-refractivity contribution in [3.8, 4) is 29.2 Å². The van der Waals surface area contributed by atoms with Gasteiger partial charge in [0, 0.05) is 11.1 Å². The summed E-state index contributed by atoms with van der Waals surface area (Å²) in [5.74, 6) is 0.389. The van der Waals surface area contributed by atoms with Crippen LogP contribution in [0.25, 0.3) is 11.1 Å². The van der Waals surface area contributed by atoms with Crippen LogP contribution >= 0.6 is 0 Å². The van der Waals surface area contributed by atoms with Gasteiger partial charge in [-0.2, -0.15) is 8.42 Å². The Hall–Kier alpha value is -2.82. The van der Waals surface area contributed by atoms with E-state index in [-0.39, 0.29) is 11.1 Å². The van der Waals surface area contributed by atoms with Crippen molar-refractivity contribution in [1.82, 2.24) is 0 Å². The maximum absolute atomic E-state index is 11.3. The van der Waals surface area contributed by atoms with Crippen LogP contribution in [0.3, 0.4) is 0 Å². The SMILES string of the molecule is C#Cc1ccc(C(=O)O)c(OS(=O)(=O)O)c1-c1ccccc1. The highest BCUT2D eigenvalue weighted by Crippen LogP contribution is 2.37. The molecule has 0 heterocycles. The Kier molecular flexibility index (Phi) is 4.17. The van der Waals surface area contributed by atoms with Crippen molar-refractivity contribution < 1.29 is 27.1 Å². The molecule has 22 heavy (non-hydrogen) atoms. The molecule has 6 nitrogen and oxygen atoms in total. The molecule has 0 aliphatic rings. The molecule has 7 heteroatoms. The Morgan fingerprint density at radius 3 is 2.27 bits per heavy atom. The molecular weight excluding hydrogens is 308 g/mol. The molecule has 2 rings (SSSR count). The van der Waals surface area contributed by atoms with Gasteiger partial charge in [0.25, 0.3) is 0 Å². The Labute approximate surface area is 126 Å². The second-order valence-corrected chi connectivity index (χ2v) is 5.21. The van der Waals surface area contributed by atoms with E-state index < -0.39 is 27.7 Å². The summed E-state index contributed by atoms with van der Waals surface area (Å²) in [7, 11) is -4.92. The minimum Gasteiger partial charge on any atom is -0.478 e. The van der Waals surface area contributed by atoms with Gasteiger partial charge in [-0.1, -0.05) is 36.3 Å². The lowest BCUT2D eigenvalue weighted by atomic mass is 9.96. The van der Waals surface area contributed by atoms with Gasteiger partial charge in [-0.25, -0.2) is 4.79 Å².